The second-order valence-electron chi connectivity index (χ2n) is 9.15. The molecule has 200 valence electrons. The van der Waals surface area contributed by atoms with Crippen molar-refractivity contribution in [2.24, 2.45) is 0 Å². The molecular weight excluding hydrogens is 597 g/mol. The maximum absolute atomic E-state index is 12.7. The molecule has 0 saturated heterocycles. The third-order valence-corrected chi connectivity index (χ3v) is 7.55. The lowest BCUT2D eigenvalue weighted by molar-refractivity contribution is -0.137. The summed E-state index contributed by atoms with van der Waals surface area (Å²) < 4.78 is 39.7. The van der Waals surface area contributed by atoms with Crippen LogP contribution < -0.4 is 10.6 Å². The molecule has 2 rings (SSSR count). The molecule has 0 radical (unpaired) electrons. The van der Waals surface area contributed by atoms with E-state index in [0.29, 0.717) is 25.2 Å². The zero-order chi connectivity index (χ0) is 26.4. The summed E-state index contributed by atoms with van der Waals surface area (Å²) in [4.78, 5) is 12.6. The van der Waals surface area contributed by atoms with Gasteiger partial charge in [-0.3, -0.25) is 4.79 Å². The van der Waals surface area contributed by atoms with Crippen LogP contribution in [-0.2, 0) is 19.3 Å². The van der Waals surface area contributed by atoms with E-state index in [1.165, 1.54) is 63.5 Å². The fourth-order valence-corrected chi connectivity index (χ4v) is 5.43. The molecule has 0 atom stereocenters. The largest absolute Gasteiger partial charge is 0.416 e. The number of carbonyl (C=O) groups excluding carboxylic acids is 1. The van der Waals surface area contributed by atoms with E-state index in [9.17, 15) is 18.0 Å². The molecule has 1 amide bonds. The first-order valence-corrected chi connectivity index (χ1v) is 14.4. The van der Waals surface area contributed by atoms with E-state index in [4.69, 9.17) is 0 Å². The van der Waals surface area contributed by atoms with Crippen LogP contribution in [0.25, 0.3) is 0 Å². The van der Waals surface area contributed by atoms with Gasteiger partial charge in [0.05, 0.1) is 5.56 Å². The minimum atomic E-state index is -4.33. The van der Waals surface area contributed by atoms with Crippen molar-refractivity contribution in [3.8, 4) is 0 Å². The number of halogens is 5. The van der Waals surface area contributed by atoms with Gasteiger partial charge in [0.15, 0.2) is 0 Å². The van der Waals surface area contributed by atoms with E-state index in [0.717, 1.165) is 45.0 Å². The second-order valence-corrected chi connectivity index (χ2v) is 10.9. The van der Waals surface area contributed by atoms with Gasteiger partial charge < -0.3 is 10.6 Å². The molecule has 36 heavy (non-hydrogen) atoms. The molecule has 2 N–H and O–H groups in total. The number of alkyl halides is 3. The average Bonchev–Trinajstić information content (AvgIpc) is 2.83. The van der Waals surface area contributed by atoms with E-state index in [1.807, 2.05) is 0 Å². The van der Waals surface area contributed by atoms with Crippen LogP contribution in [0.4, 0.5) is 13.2 Å². The third kappa shape index (κ3) is 11.3. The Bertz CT molecular complexity index is 910. The topological polar surface area (TPSA) is 41.1 Å². The highest BCUT2D eigenvalue weighted by molar-refractivity contribution is 9.11. The summed E-state index contributed by atoms with van der Waals surface area (Å²) >= 11 is 7.09. The standard InChI is InChI=1S/C28H37Br2F3N2O/c1-2-3-4-5-6-7-8-9-10-11-16-35-27(36)22-17-25(29)24(26(30)18-22)20-34-19-21-12-14-23(15-13-21)28(31,32)33/h12-15,17-18,34H,2-11,16,19-20H2,1H3,(H,35,36). The molecule has 0 spiro atoms. The molecule has 0 saturated carbocycles. The van der Waals surface area contributed by atoms with Crippen LogP contribution in [0.15, 0.2) is 45.3 Å². The van der Waals surface area contributed by atoms with Crippen LogP contribution in [0.1, 0.15) is 98.2 Å². The zero-order valence-corrected chi connectivity index (χ0v) is 24.1. The lowest BCUT2D eigenvalue weighted by Crippen LogP contribution is -2.24. The molecule has 0 aliphatic carbocycles. The molecule has 0 heterocycles. The summed E-state index contributed by atoms with van der Waals surface area (Å²) in [6.45, 7) is 3.82. The van der Waals surface area contributed by atoms with E-state index in [2.05, 4.69) is 49.4 Å². The van der Waals surface area contributed by atoms with Gasteiger partial charge in [-0.05, 0) is 41.8 Å². The molecule has 0 bridgehead atoms. The van der Waals surface area contributed by atoms with Crippen molar-refractivity contribution >= 4 is 37.8 Å². The van der Waals surface area contributed by atoms with Crippen LogP contribution in [0.2, 0.25) is 0 Å². The fraction of sp³-hybridized carbons (Fsp3) is 0.536. The van der Waals surface area contributed by atoms with E-state index >= 15 is 0 Å². The number of nitrogens with one attached hydrogen (secondary N) is 2. The summed E-state index contributed by atoms with van der Waals surface area (Å²) in [6.07, 6.45) is 8.25. The Kier molecular flexibility index (Phi) is 14.1. The molecule has 2 aromatic carbocycles. The smallest absolute Gasteiger partial charge is 0.352 e. The Morgan fingerprint density at radius 2 is 1.33 bits per heavy atom. The third-order valence-electron chi connectivity index (χ3n) is 6.13. The van der Waals surface area contributed by atoms with Gasteiger partial charge in [0, 0.05) is 34.1 Å². The molecule has 0 fully saturated rings. The Morgan fingerprint density at radius 3 is 1.86 bits per heavy atom. The highest BCUT2D eigenvalue weighted by Gasteiger charge is 2.29. The summed E-state index contributed by atoms with van der Waals surface area (Å²) in [7, 11) is 0. The summed E-state index contributed by atoms with van der Waals surface area (Å²) in [5, 5.41) is 6.24. The molecule has 0 aromatic heterocycles. The van der Waals surface area contributed by atoms with Gasteiger partial charge in [0.25, 0.3) is 5.91 Å². The molecule has 2 aromatic rings. The van der Waals surface area contributed by atoms with E-state index in [-0.39, 0.29) is 5.91 Å². The van der Waals surface area contributed by atoms with Crippen LogP contribution in [0.3, 0.4) is 0 Å². The Labute approximate surface area is 230 Å². The average molecular weight is 634 g/mol. The lowest BCUT2D eigenvalue weighted by Gasteiger charge is -2.13. The van der Waals surface area contributed by atoms with Crippen LogP contribution >= 0.6 is 31.9 Å². The van der Waals surface area contributed by atoms with Crippen molar-refractivity contribution in [1.29, 1.82) is 0 Å². The Hall–Kier alpha value is -1.38. The van der Waals surface area contributed by atoms with Gasteiger partial charge in [-0.2, -0.15) is 13.2 Å². The van der Waals surface area contributed by atoms with Crippen molar-refractivity contribution in [2.45, 2.75) is 90.4 Å². The van der Waals surface area contributed by atoms with Crippen molar-refractivity contribution < 1.29 is 18.0 Å². The zero-order valence-electron chi connectivity index (χ0n) is 21.0. The van der Waals surface area contributed by atoms with Gasteiger partial charge >= 0.3 is 6.18 Å². The quantitative estimate of drug-likeness (QED) is 0.181. The molecule has 0 unspecified atom stereocenters. The summed E-state index contributed by atoms with van der Waals surface area (Å²) in [6, 6.07) is 8.73. The number of carbonyl (C=O) groups is 1. The number of benzene rings is 2. The normalized spacial score (nSPS) is 11.6. The van der Waals surface area contributed by atoms with Crippen LogP contribution in [0.5, 0.6) is 0 Å². The SMILES string of the molecule is CCCCCCCCCCCCNC(=O)c1cc(Br)c(CNCc2ccc(C(F)(F)F)cc2)c(Br)c1. The van der Waals surface area contributed by atoms with Crippen molar-refractivity contribution in [2.75, 3.05) is 6.54 Å². The number of rotatable bonds is 16. The minimum absolute atomic E-state index is 0.100. The molecule has 3 nitrogen and oxygen atoms in total. The first kappa shape index (κ1) is 30.8. The van der Waals surface area contributed by atoms with Crippen molar-refractivity contribution in [3.63, 3.8) is 0 Å². The Balaban J connectivity index is 1.70. The van der Waals surface area contributed by atoms with E-state index < -0.39 is 11.7 Å². The number of hydrogen-bond acceptors (Lipinski definition) is 2. The number of unbranched alkanes of at least 4 members (excludes halogenated alkanes) is 9. The predicted molar refractivity (Wildman–Crippen MR) is 148 cm³/mol. The molecular formula is C28H37Br2F3N2O. The van der Waals surface area contributed by atoms with Gasteiger partial charge in [0.1, 0.15) is 0 Å². The predicted octanol–water partition coefficient (Wildman–Crippen LogP) is 9.17. The highest BCUT2D eigenvalue weighted by atomic mass is 79.9. The number of amides is 1. The lowest BCUT2D eigenvalue weighted by atomic mass is 10.1. The van der Waals surface area contributed by atoms with Crippen LogP contribution in [-0.4, -0.2) is 12.5 Å². The second kappa shape index (κ2) is 16.5. The minimum Gasteiger partial charge on any atom is -0.352 e. The number of hydrogen-bond donors (Lipinski definition) is 2. The van der Waals surface area contributed by atoms with Crippen molar-refractivity contribution in [1.82, 2.24) is 10.6 Å². The molecule has 8 heteroatoms. The van der Waals surface area contributed by atoms with Gasteiger partial charge in [-0.15, -0.1) is 0 Å². The molecule has 0 aliphatic heterocycles. The maximum Gasteiger partial charge on any atom is 0.416 e. The van der Waals surface area contributed by atoms with E-state index in [1.54, 1.807) is 12.1 Å². The molecule has 0 aliphatic rings. The summed E-state index contributed by atoms with van der Waals surface area (Å²) in [5.74, 6) is -0.100. The summed E-state index contributed by atoms with van der Waals surface area (Å²) in [5.41, 5.74) is 1.62. The first-order valence-electron chi connectivity index (χ1n) is 12.8. The van der Waals surface area contributed by atoms with Crippen molar-refractivity contribution in [3.05, 3.63) is 67.6 Å². The van der Waals surface area contributed by atoms with Crippen LogP contribution in [0, 0.1) is 0 Å². The fourth-order valence-electron chi connectivity index (χ4n) is 3.96. The van der Waals surface area contributed by atoms with Gasteiger partial charge in [-0.25, -0.2) is 0 Å². The Morgan fingerprint density at radius 1 is 0.806 bits per heavy atom. The highest BCUT2D eigenvalue weighted by Crippen LogP contribution is 2.30. The monoisotopic (exact) mass is 632 g/mol. The maximum atomic E-state index is 12.7. The van der Waals surface area contributed by atoms with Gasteiger partial charge in [0.2, 0.25) is 0 Å². The van der Waals surface area contributed by atoms with Gasteiger partial charge in [-0.1, -0.05) is 109 Å². The first-order chi connectivity index (χ1) is 17.2.